The SMILES string of the molecule is O[C@@H](CCF)C(F)(F)F. The number of halogens is 4. The Balaban J connectivity index is 3.59. The molecular formula is C4H6F4O. The third kappa shape index (κ3) is 3.29. The van der Waals surface area contributed by atoms with Gasteiger partial charge >= 0.3 is 6.18 Å². The molecule has 1 atom stereocenters. The molecule has 0 unspecified atom stereocenters. The van der Waals surface area contributed by atoms with Crippen LogP contribution in [0, 0.1) is 0 Å². The topological polar surface area (TPSA) is 20.2 Å². The molecular weight excluding hydrogens is 140 g/mol. The van der Waals surface area contributed by atoms with Crippen LogP contribution in [0.25, 0.3) is 0 Å². The Kier molecular flexibility index (Phi) is 2.90. The lowest BCUT2D eigenvalue weighted by Crippen LogP contribution is -2.28. The normalized spacial score (nSPS) is 15.7. The smallest absolute Gasteiger partial charge is 0.384 e. The molecule has 0 saturated carbocycles. The lowest BCUT2D eigenvalue weighted by Gasteiger charge is -2.11. The highest BCUT2D eigenvalue weighted by atomic mass is 19.4. The molecule has 0 aromatic heterocycles. The van der Waals surface area contributed by atoms with Gasteiger partial charge in [-0.3, -0.25) is 4.39 Å². The maximum Gasteiger partial charge on any atom is 0.414 e. The molecule has 0 aliphatic rings. The molecule has 56 valence electrons. The summed E-state index contributed by atoms with van der Waals surface area (Å²) in [5.74, 6) is 0. The summed E-state index contributed by atoms with van der Waals surface area (Å²) >= 11 is 0. The molecule has 9 heavy (non-hydrogen) atoms. The Labute approximate surface area is 49.3 Å². The number of hydrogen-bond donors (Lipinski definition) is 1. The second-order valence-corrected chi connectivity index (χ2v) is 1.54. The zero-order chi connectivity index (χ0) is 7.49. The third-order valence-corrected chi connectivity index (χ3v) is 0.760. The van der Waals surface area contributed by atoms with Gasteiger partial charge in [-0.15, -0.1) is 0 Å². The molecule has 0 saturated heterocycles. The van der Waals surface area contributed by atoms with E-state index in [0.717, 1.165) is 0 Å². The van der Waals surface area contributed by atoms with Crippen molar-refractivity contribution in [3.63, 3.8) is 0 Å². The van der Waals surface area contributed by atoms with Crippen molar-refractivity contribution in [3.8, 4) is 0 Å². The third-order valence-electron chi connectivity index (χ3n) is 0.760. The summed E-state index contributed by atoms with van der Waals surface area (Å²) in [4.78, 5) is 0. The summed E-state index contributed by atoms with van der Waals surface area (Å²) in [5.41, 5.74) is 0. The second-order valence-electron chi connectivity index (χ2n) is 1.54. The predicted molar refractivity (Wildman–Crippen MR) is 22.7 cm³/mol. The molecule has 0 bridgehead atoms. The van der Waals surface area contributed by atoms with Crippen molar-refractivity contribution in [3.05, 3.63) is 0 Å². The molecule has 1 N–H and O–H groups in total. The highest BCUT2D eigenvalue weighted by molar-refractivity contribution is 4.63. The zero-order valence-electron chi connectivity index (χ0n) is 4.45. The molecule has 0 aromatic rings. The van der Waals surface area contributed by atoms with Crippen LogP contribution in [-0.2, 0) is 0 Å². The van der Waals surface area contributed by atoms with Gasteiger partial charge in [0, 0.05) is 6.42 Å². The summed E-state index contributed by atoms with van der Waals surface area (Å²) in [6.07, 6.45) is -8.06. The van der Waals surface area contributed by atoms with Gasteiger partial charge < -0.3 is 5.11 Å². The molecule has 0 aliphatic heterocycles. The van der Waals surface area contributed by atoms with Crippen LogP contribution in [0.1, 0.15) is 6.42 Å². The zero-order valence-corrected chi connectivity index (χ0v) is 4.45. The monoisotopic (exact) mass is 146 g/mol. The molecule has 5 heteroatoms. The molecule has 0 spiro atoms. The van der Waals surface area contributed by atoms with Gasteiger partial charge in [-0.25, -0.2) is 0 Å². The standard InChI is InChI=1S/C4H6F4O/c5-2-1-3(9)4(6,7)8/h3,9H,1-2H2/t3-/m0/s1. The van der Waals surface area contributed by atoms with Gasteiger partial charge in [0.2, 0.25) is 0 Å². The number of aliphatic hydroxyl groups is 1. The van der Waals surface area contributed by atoms with Crippen LogP contribution in [0.2, 0.25) is 0 Å². The molecule has 0 aliphatic carbocycles. The van der Waals surface area contributed by atoms with Gasteiger partial charge in [-0.1, -0.05) is 0 Å². The quantitative estimate of drug-likeness (QED) is 0.581. The van der Waals surface area contributed by atoms with E-state index in [1.165, 1.54) is 0 Å². The minimum Gasteiger partial charge on any atom is -0.384 e. The first-order valence-corrected chi connectivity index (χ1v) is 2.29. The highest BCUT2D eigenvalue weighted by Gasteiger charge is 2.37. The predicted octanol–water partition coefficient (Wildman–Crippen LogP) is 1.27. The number of alkyl halides is 4. The molecule has 1 nitrogen and oxygen atoms in total. The van der Waals surface area contributed by atoms with Gasteiger partial charge in [-0.2, -0.15) is 13.2 Å². The minimum atomic E-state index is -4.67. The summed E-state index contributed by atoms with van der Waals surface area (Å²) in [6.45, 7) is -1.15. The molecule has 0 aromatic carbocycles. The van der Waals surface area contributed by atoms with Gasteiger partial charge in [0.1, 0.15) is 0 Å². The molecule has 0 rings (SSSR count). The van der Waals surface area contributed by atoms with E-state index >= 15 is 0 Å². The number of aliphatic hydroxyl groups excluding tert-OH is 1. The van der Waals surface area contributed by atoms with Gasteiger partial charge in [0.15, 0.2) is 6.10 Å². The maximum absolute atomic E-state index is 11.2. The van der Waals surface area contributed by atoms with Crippen LogP contribution < -0.4 is 0 Å². The minimum absolute atomic E-state index is 0.872. The fourth-order valence-electron chi connectivity index (χ4n) is 0.267. The van der Waals surface area contributed by atoms with Crippen LogP contribution >= 0.6 is 0 Å². The van der Waals surface area contributed by atoms with E-state index in [4.69, 9.17) is 5.11 Å². The lowest BCUT2D eigenvalue weighted by atomic mass is 10.3. The average Bonchev–Trinajstić information content (AvgIpc) is 1.64. The van der Waals surface area contributed by atoms with Gasteiger partial charge in [0.05, 0.1) is 6.67 Å². The Bertz CT molecular complexity index is 79.1. The fourth-order valence-corrected chi connectivity index (χ4v) is 0.267. The first-order valence-electron chi connectivity index (χ1n) is 2.29. The van der Waals surface area contributed by atoms with Crippen molar-refractivity contribution in [1.82, 2.24) is 0 Å². The molecule has 0 radical (unpaired) electrons. The van der Waals surface area contributed by atoms with Crippen LogP contribution in [0.15, 0.2) is 0 Å². The van der Waals surface area contributed by atoms with Crippen molar-refractivity contribution >= 4 is 0 Å². The molecule has 0 amide bonds. The first kappa shape index (κ1) is 8.68. The molecule has 0 heterocycles. The van der Waals surface area contributed by atoms with Crippen LogP contribution in [-0.4, -0.2) is 24.1 Å². The average molecular weight is 146 g/mol. The highest BCUT2D eigenvalue weighted by Crippen LogP contribution is 2.21. The largest absolute Gasteiger partial charge is 0.414 e. The second kappa shape index (κ2) is 3.00. The summed E-state index contributed by atoms with van der Waals surface area (Å²) in [6, 6.07) is 0. The number of hydrogen-bond acceptors (Lipinski definition) is 1. The fraction of sp³-hybridized carbons (Fsp3) is 1.00. The Hall–Kier alpha value is -0.320. The van der Waals surface area contributed by atoms with E-state index in [9.17, 15) is 17.6 Å². The van der Waals surface area contributed by atoms with E-state index in [2.05, 4.69) is 0 Å². The van der Waals surface area contributed by atoms with Crippen LogP contribution in [0.5, 0.6) is 0 Å². The van der Waals surface area contributed by atoms with E-state index in [1.807, 2.05) is 0 Å². The Morgan fingerprint density at radius 1 is 1.33 bits per heavy atom. The Morgan fingerprint density at radius 2 is 1.78 bits per heavy atom. The van der Waals surface area contributed by atoms with Crippen molar-refractivity contribution in [2.45, 2.75) is 18.7 Å². The summed E-state index contributed by atoms with van der Waals surface area (Å²) < 4.78 is 44.8. The number of rotatable bonds is 2. The van der Waals surface area contributed by atoms with Crippen LogP contribution in [0.3, 0.4) is 0 Å². The van der Waals surface area contributed by atoms with Crippen molar-refractivity contribution < 1.29 is 22.7 Å². The molecule has 0 fully saturated rings. The van der Waals surface area contributed by atoms with Crippen molar-refractivity contribution in [1.29, 1.82) is 0 Å². The summed E-state index contributed by atoms with van der Waals surface area (Å²) in [7, 11) is 0. The summed E-state index contributed by atoms with van der Waals surface area (Å²) in [5, 5.41) is 8.02. The van der Waals surface area contributed by atoms with E-state index in [0.29, 0.717) is 0 Å². The maximum atomic E-state index is 11.2. The first-order chi connectivity index (χ1) is 3.98. The van der Waals surface area contributed by atoms with Crippen molar-refractivity contribution in [2.75, 3.05) is 6.67 Å². The van der Waals surface area contributed by atoms with E-state index in [-0.39, 0.29) is 0 Å². The van der Waals surface area contributed by atoms with E-state index < -0.39 is 25.4 Å². The Morgan fingerprint density at radius 3 is 1.89 bits per heavy atom. The van der Waals surface area contributed by atoms with Gasteiger partial charge in [0.25, 0.3) is 0 Å². The lowest BCUT2D eigenvalue weighted by molar-refractivity contribution is -0.206. The van der Waals surface area contributed by atoms with Crippen molar-refractivity contribution in [2.24, 2.45) is 0 Å². The van der Waals surface area contributed by atoms with Gasteiger partial charge in [-0.05, 0) is 0 Å². The van der Waals surface area contributed by atoms with Crippen LogP contribution in [0.4, 0.5) is 17.6 Å². The van der Waals surface area contributed by atoms with E-state index in [1.54, 1.807) is 0 Å².